The van der Waals surface area contributed by atoms with Gasteiger partial charge >= 0.3 is 0 Å². The van der Waals surface area contributed by atoms with Crippen LogP contribution in [0.5, 0.6) is 5.88 Å². The van der Waals surface area contributed by atoms with E-state index < -0.39 is 0 Å². The van der Waals surface area contributed by atoms with Crippen LogP contribution in [0.3, 0.4) is 0 Å². The first kappa shape index (κ1) is 16.1. The summed E-state index contributed by atoms with van der Waals surface area (Å²) in [5.41, 5.74) is 4.48. The summed E-state index contributed by atoms with van der Waals surface area (Å²) in [5.74, 6) is 0.619. The molecule has 0 atom stereocenters. The Kier molecular flexibility index (Phi) is 4.94. The highest BCUT2D eigenvalue weighted by Gasteiger charge is 2.19. The lowest BCUT2D eigenvalue weighted by Crippen LogP contribution is -1.93. The Morgan fingerprint density at radius 3 is 2.73 bits per heavy atom. The van der Waals surface area contributed by atoms with Crippen LogP contribution in [0.2, 0.25) is 0 Å². The van der Waals surface area contributed by atoms with Gasteiger partial charge in [0, 0.05) is 75.5 Å². The molecule has 0 fully saturated rings. The predicted molar refractivity (Wildman–Crippen MR) is 104 cm³/mol. The van der Waals surface area contributed by atoms with E-state index in [1.54, 1.807) is 16.2 Å². The summed E-state index contributed by atoms with van der Waals surface area (Å²) in [4.78, 5) is 8.93. The van der Waals surface area contributed by atoms with Crippen LogP contribution >= 0.6 is 46.3 Å². The minimum absolute atomic E-state index is 0.619. The summed E-state index contributed by atoms with van der Waals surface area (Å²) in [6.45, 7) is 2.16. The summed E-state index contributed by atoms with van der Waals surface area (Å²) in [7, 11) is 3.27. The molecule has 0 saturated carbocycles. The maximum absolute atomic E-state index is 5.15. The first-order valence-electron chi connectivity index (χ1n) is 6.68. The van der Waals surface area contributed by atoms with Gasteiger partial charge in [-0.3, -0.25) is 3.97 Å². The molecule has 114 valence electrons. The molecular weight excluding hydrogens is 477 g/mol. The number of ether oxygens (including phenoxy) is 1. The first-order chi connectivity index (χ1) is 10.7. The number of aromatic nitrogens is 3. The van der Waals surface area contributed by atoms with Crippen LogP contribution in [0, 0.1) is 0 Å². The number of fused-ring (bicyclic) bond motifs is 1. The molecule has 0 bridgehead atoms. The van der Waals surface area contributed by atoms with Crippen LogP contribution in [-0.2, 0) is 6.42 Å². The number of methoxy groups -OCH3 is 1. The molecule has 0 aliphatic heterocycles. The fourth-order valence-electron chi connectivity index (χ4n) is 2.53. The maximum Gasteiger partial charge on any atom is 0.212 e. The van der Waals surface area contributed by atoms with Gasteiger partial charge in [0.05, 0.1) is 7.11 Å². The zero-order chi connectivity index (χ0) is 15.7. The monoisotopic (exact) mass is 489 g/mol. The predicted octanol–water partition coefficient (Wildman–Crippen LogP) is 5.28. The summed E-state index contributed by atoms with van der Waals surface area (Å²) >= 11 is 5.82. The van der Waals surface area contributed by atoms with Crippen molar-refractivity contribution in [2.24, 2.45) is 0 Å². The summed E-state index contributed by atoms with van der Waals surface area (Å²) in [6.07, 6.45) is 4.61. The normalized spacial score (nSPS) is 11.1. The average molecular weight is 490 g/mol. The van der Waals surface area contributed by atoms with E-state index in [9.17, 15) is 0 Å². The molecule has 0 aromatic carbocycles. The zero-order valence-corrected chi connectivity index (χ0v) is 16.6. The molecule has 4 nitrogen and oxygen atoms in total. The molecule has 3 aromatic heterocycles. The van der Waals surface area contributed by atoms with Gasteiger partial charge in [-0.2, -0.15) is 0 Å². The Morgan fingerprint density at radius 2 is 2.14 bits per heavy atom. The van der Waals surface area contributed by atoms with E-state index in [1.807, 2.05) is 24.5 Å². The second-order valence-electron chi connectivity index (χ2n) is 4.65. The highest BCUT2D eigenvalue weighted by atomic mass is 127. The first-order valence-corrected chi connectivity index (χ1v) is 10.8. The van der Waals surface area contributed by atoms with Crippen molar-refractivity contribution in [3.8, 4) is 17.0 Å². The van der Waals surface area contributed by atoms with E-state index in [-0.39, 0.29) is 0 Å². The van der Waals surface area contributed by atoms with Gasteiger partial charge in [0.1, 0.15) is 0 Å². The smallest absolute Gasteiger partial charge is 0.212 e. The summed E-state index contributed by atoms with van der Waals surface area (Å²) in [6, 6.07) is 6.05. The van der Waals surface area contributed by atoms with Crippen molar-refractivity contribution >= 4 is 57.3 Å². The van der Waals surface area contributed by atoms with Crippen LogP contribution in [-0.4, -0.2) is 21.1 Å². The van der Waals surface area contributed by atoms with Gasteiger partial charge in [0.2, 0.25) is 5.88 Å². The molecule has 7 heteroatoms. The summed E-state index contributed by atoms with van der Waals surface area (Å²) < 4.78 is 8.31. The van der Waals surface area contributed by atoms with Gasteiger partial charge in [0.15, 0.2) is 5.65 Å². The van der Waals surface area contributed by atoms with Gasteiger partial charge < -0.3 is 4.74 Å². The van der Waals surface area contributed by atoms with Gasteiger partial charge in [-0.1, -0.05) is 6.92 Å². The second-order valence-corrected chi connectivity index (χ2v) is 7.25. The van der Waals surface area contributed by atoms with Crippen LogP contribution < -0.4 is 4.74 Å². The lowest BCUT2D eigenvalue weighted by molar-refractivity contribution is 0.398. The maximum atomic E-state index is 5.15. The Hall–Kier alpha value is -0.800. The van der Waals surface area contributed by atoms with Crippen molar-refractivity contribution in [1.82, 2.24) is 13.9 Å². The standard InChI is InChI=1S/C15H13BrIN3OS/c1-3-12-14(9-4-5-13(21-2)18-7-9)11-6-10(16)8-19-15(11)20(12)22-17/h4-8H,3H2,1-2H3. The average Bonchev–Trinajstić information content (AvgIpc) is 2.87. The summed E-state index contributed by atoms with van der Waals surface area (Å²) in [5, 5.41) is 1.13. The third-order valence-electron chi connectivity index (χ3n) is 3.47. The van der Waals surface area contributed by atoms with E-state index in [4.69, 9.17) is 4.74 Å². The largest absolute Gasteiger partial charge is 0.481 e. The minimum Gasteiger partial charge on any atom is -0.481 e. The quantitative estimate of drug-likeness (QED) is 0.467. The van der Waals surface area contributed by atoms with E-state index in [0.29, 0.717) is 5.88 Å². The zero-order valence-electron chi connectivity index (χ0n) is 12.0. The molecule has 3 aromatic rings. The molecule has 22 heavy (non-hydrogen) atoms. The molecule has 0 aliphatic rings. The van der Waals surface area contributed by atoms with Crippen LogP contribution in [0.15, 0.2) is 35.1 Å². The second kappa shape index (κ2) is 6.76. The van der Waals surface area contributed by atoms with E-state index in [0.717, 1.165) is 27.5 Å². The third kappa shape index (κ3) is 2.74. The fourth-order valence-corrected chi connectivity index (χ4v) is 4.65. The van der Waals surface area contributed by atoms with Crippen molar-refractivity contribution in [3.63, 3.8) is 0 Å². The topological polar surface area (TPSA) is 39.9 Å². The Morgan fingerprint density at radius 1 is 1.32 bits per heavy atom. The number of hydrogen-bond donors (Lipinski definition) is 0. The van der Waals surface area contributed by atoms with Crippen molar-refractivity contribution in [2.75, 3.05) is 7.11 Å². The molecule has 0 unspecified atom stereocenters. The molecular formula is C15H13BrIN3OS. The molecule has 0 spiro atoms. The van der Waals surface area contributed by atoms with Crippen molar-refractivity contribution < 1.29 is 4.74 Å². The minimum atomic E-state index is 0.619. The van der Waals surface area contributed by atoms with Gasteiger partial charge in [-0.25, -0.2) is 9.97 Å². The van der Waals surface area contributed by atoms with E-state index >= 15 is 0 Å². The fraction of sp³-hybridized carbons (Fsp3) is 0.200. The van der Waals surface area contributed by atoms with Crippen LogP contribution in [0.4, 0.5) is 0 Å². The number of rotatable bonds is 4. The molecule has 0 aliphatic carbocycles. The van der Waals surface area contributed by atoms with Gasteiger partial charge in [0.25, 0.3) is 0 Å². The number of halogens is 2. The molecule has 0 amide bonds. The van der Waals surface area contributed by atoms with E-state index in [2.05, 4.69) is 64.1 Å². The number of pyridine rings is 2. The number of nitrogens with zero attached hydrogens (tertiary/aromatic N) is 3. The SMILES string of the molecule is CCc1c(-c2ccc(OC)nc2)c2cc(Br)cnc2n1SI. The molecule has 0 saturated heterocycles. The van der Waals surface area contributed by atoms with E-state index in [1.165, 1.54) is 11.3 Å². The van der Waals surface area contributed by atoms with Gasteiger partial charge in [-0.05, 0) is 34.5 Å². The third-order valence-corrected chi connectivity index (χ3v) is 5.61. The molecule has 3 rings (SSSR count). The lowest BCUT2D eigenvalue weighted by Gasteiger charge is -2.06. The number of hydrogen-bond acceptors (Lipinski definition) is 4. The van der Waals surface area contributed by atoms with Gasteiger partial charge in [-0.15, -0.1) is 0 Å². The van der Waals surface area contributed by atoms with Crippen LogP contribution in [0.25, 0.3) is 22.2 Å². The van der Waals surface area contributed by atoms with Crippen LogP contribution in [0.1, 0.15) is 12.6 Å². The van der Waals surface area contributed by atoms with Crippen molar-refractivity contribution in [3.05, 3.63) is 40.8 Å². The molecule has 0 N–H and O–H groups in total. The lowest BCUT2D eigenvalue weighted by atomic mass is 10.0. The molecule has 3 heterocycles. The van der Waals surface area contributed by atoms with Crippen molar-refractivity contribution in [2.45, 2.75) is 13.3 Å². The van der Waals surface area contributed by atoms with Crippen molar-refractivity contribution in [1.29, 1.82) is 0 Å². The Balaban J connectivity index is 2.32. The Labute approximate surface area is 153 Å². The highest BCUT2D eigenvalue weighted by Crippen LogP contribution is 2.39. The Bertz CT molecular complexity index is 820. The molecule has 0 radical (unpaired) electrons. The highest BCUT2D eigenvalue weighted by molar-refractivity contribution is 14.2.